The lowest BCUT2D eigenvalue weighted by atomic mass is 10.2. The van der Waals surface area contributed by atoms with Crippen molar-refractivity contribution in [1.29, 1.82) is 0 Å². The molecule has 9 nitrogen and oxygen atoms in total. The summed E-state index contributed by atoms with van der Waals surface area (Å²) >= 11 is 0. The lowest BCUT2D eigenvalue weighted by molar-refractivity contribution is 0.132. The second-order valence-electron chi connectivity index (χ2n) is 7.90. The zero-order valence-electron chi connectivity index (χ0n) is 18.7. The maximum absolute atomic E-state index is 13.3. The first-order chi connectivity index (χ1) is 16.0. The van der Waals surface area contributed by atoms with Gasteiger partial charge in [-0.1, -0.05) is 19.9 Å². The van der Waals surface area contributed by atoms with Crippen molar-refractivity contribution >= 4 is 34.1 Å². The Bertz CT molecular complexity index is 1370. The molecular formula is C24H25N5O4. The van der Waals surface area contributed by atoms with Crippen LogP contribution in [0.4, 0.5) is 16.3 Å². The van der Waals surface area contributed by atoms with Crippen LogP contribution < -0.4 is 20.9 Å². The number of fused-ring (bicyclic) bond motifs is 2. The van der Waals surface area contributed by atoms with E-state index in [2.05, 4.69) is 20.6 Å². The highest BCUT2D eigenvalue weighted by Gasteiger charge is 2.17. The van der Waals surface area contributed by atoms with Gasteiger partial charge in [0.2, 0.25) is 0 Å². The van der Waals surface area contributed by atoms with Gasteiger partial charge in [0.25, 0.3) is 5.56 Å². The summed E-state index contributed by atoms with van der Waals surface area (Å²) in [4.78, 5) is 34.4. The molecule has 0 spiro atoms. The van der Waals surface area contributed by atoms with Gasteiger partial charge in [0, 0.05) is 23.5 Å². The molecule has 33 heavy (non-hydrogen) atoms. The van der Waals surface area contributed by atoms with Crippen LogP contribution in [0.15, 0.2) is 59.7 Å². The summed E-state index contributed by atoms with van der Waals surface area (Å²) in [5.41, 5.74) is 1.90. The summed E-state index contributed by atoms with van der Waals surface area (Å²) in [5, 5.41) is 6.81. The molecule has 0 aliphatic heterocycles. The molecular weight excluding hydrogens is 422 g/mol. The molecule has 0 radical (unpaired) electrons. The first kappa shape index (κ1) is 22.1. The Morgan fingerprint density at radius 2 is 2.03 bits per heavy atom. The normalized spacial score (nSPS) is 11.0. The standard InChI is InChI=1S/C24H25N5O4/c1-15(2)14-33-24(31)26-13-18-21(27-17-8-9-19-16(12-17)6-4-10-25-19)28-22-20(32-3)7-5-11-29(22)23(18)30/h4-12,15,27H,13-14H2,1-3H3,(H,26,31). The Hall–Kier alpha value is -4.14. The number of anilines is 2. The van der Waals surface area contributed by atoms with Crippen molar-refractivity contribution in [2.75, 3.05) is 19.0 Å². The van der Waals surface area contributed by atoms with E-state index in [-0.39, 0.29) is 30.2 Å². The number of alkyl carbamates (subject to hydrolysis) is 1. The largest absolute Gasteiger partial charge is 0.493 e. The van der Waals surface area contributed by atoms with Crippen LogP contribution in [0.5, 0.6) is 5.75 Å². The number of nitrogens with zero attached hydrogens (tertiary/aromatic N) is 3. The molecule has 1 amide bonds. The zero-order valence-corrected chi connectivity index (χ0v) is 18.7. The average Bonchev–Trinajstić information content (AvgIpc) is 2.82. The van der Waals surface area contributed by atoms with E-state index in [0.717, 1.165) is 16.6 Å². The van der Waals surface area contributed by atoms with Crippen molar-refractivity contribution in [2.24, 2.45) is 5.92 Å². The van der Waals surface area contributed by atoms with Gasteiger partial charge in [-0.15, -0.1) is 0 Å². The van der Waals surface area contributed by atoms with Crippen LogP contribution in [-0.4, -0.2) is 34.2 Å². The SMILES string of the molecule is COc1cccn2c(=O)c(CNC(=O)OCC(C)C)c(Nc3ccc4ncccc4c3)nc12. The van der Waals surface area contributed by atoms with Gasteiger partial charge in [-0.25, -0.2) is 9.78 Å². The molecule has 3 aromatic heterocycles. The third-order valence-electron chi connectivity index (χ3n) is 4.95. The molecule has 170 valence electrons. The highest BCUT2D eigenvalue weighted by Crippen LogP contribution is 2.24. The lowest BCUT2D eigenvalue weighted by Crippen LogP contribution is -2.31. The minimum absolute atomic E-state index is 0.0552. The van der Waals surface area contributed by atoms with Gasteiger partial charge in [-0.05, 0) is 42.3 Å². The highest BCUT2D eigenvalue weighted by atomic mass is 16.5. The van der Waals surface area contributed by atoms with Gasteiger partial charge in [0.05, 0.1) is 31.3 Å². The highest BCUT2D eigenvalue weighted by molar-refractivity contribution is 5.83. The van der Waals surface area contributed by atoms with Gasteiger partial charge in [-0.3, -0.25) is 14.2 Å². The number of pyridine rings is 2. The van der Waals surface area contributed by atoms with Crippen LogP contribution in [0.3, 0.4) is 0 Å². The summed E-state index contributed by atoms with van der Waals surface area (Å²) in [6.45, 7) is 4.12. The van der Waals surface area contributed by atoms with Crippen molar-refractivity contribution in [3.63, 3.8) is 0 Å². The molecule has 0 bridgehead atoms. The van der Waals surface area contributed by atoms with Crippen molar-refractivity contribution in [3.8, 4) is 5.75 Å². The van der Waals surface area contributed by atoms with Crippen molar-refractivity contribution < 1.29 is 14.3 Å². The zero-order chi connectivity index (χ0) is 23.4. The summed E-state index contributed by atoms with van der Waals surface area (Å²) in [6, 6.07) is 12.9. The Balaban J connectivity index is 1.73. The number of benzene rings is 1. The molecule has 9 heteroatoms. The molecule has 0 fully saturated rings. The maximum Gasteiger partial charge on any atom is 0.407 e. The van der Waals surface area contributed by atoms with Gasteiger partial charge >= 0.3 is 6.09 Å². The van der Waals surface area contributed by atoms with Crippen molar-refractivity contribution in [3.05, 3.63) is 70.8 Å². The number of hydrogen-bond acceptors (Lipinski definition) is 7. The molecule has 0 atom stereocenters. The molecule has 0 aliphatic carbocycles. The quantitative estimate of drug-likeness (QED) is 0.443. The molecule has 2 N–H and O–H groups in total. The number of methoxy groups -OCH3 is 1. The Labute approximate surface area is 190 Å². The Morgan fingerprint density at radius 1 is 1.18 bits per heavy atom. The van der Waals surface area contributed by atoms with E-state index in [1.807, 2.05) is 44.2 Å². The summed E-state index contributed by atoms with van der Waals surface area (Å²) in [6.07, 6.45) is 2.75. The second-order valence-corrected chi connectivity index (χ2v) is 7.90. The number of aromatic nitrogens is 3. The molecule has 3 heterocycles. The summed E-state index contributed by atoms with van der Waals surface area (Å²) < 4.78 is 12.0. The fourth-order valence-corrected chi connectivity index (χ4v) is 3.34. The fraction of sp³-hybridized carbons (Fsp3) is 0.250. The van der Waals surface area contributed by atoms with Crippen molar-refractivity contribution in [2.45, 2.75) is 20.4 Å². The number of nitrogens with one attached hydrogen (secondary N) is 2. The van der Waals surface area contributed by atoms with Crippen LogP contribution in [0, 0.1) is 5.92 Å². The summed E-state index contributed by atoms with van der Waals surface area (Å²) in [5.74, 6) is 0.976. The van der Waals surface area contributed by atoms with Gasteiger partial charge in [0.1, 0.15) is 5.82 Å². The Kier molecular flexibility index (Phi) is 6.39. The van der Waals surface area contributed by atoms with Gasteiger partial charge in [0.15, 0.2) is 11.4 Å². The van der Waals surface area contributed by atoms with E-state index in [0.29, 0.717) is 17.2 Å². The molecule has 1 aromatic carbocycles. The molecule has 0 aliphatic rings. The van der Waals surface area contributed by atoms with Crippen LogP contribution in [0.25, 0.3) is 16.6 Å². The smallest absolute Gasteiger partial charge is 0.407 e. The third kappa shape index (κ3) is 4.87. The van der Waals surface area contributed by atoms with Crippen LogP contribution in [0.2, 0.25) is 0 Å². The fourth-order valence-electron chi connectivity index (χ4n) is 3.34. The number of amides is 1. The molecule has 4 aromatic rings. The minimum atomic E-state index is -0.596. The van der Waals surface area contributed by atoms with Crippen molar-refractivity contribution in [1.82, 2.24) is 19.7 Å². The van der Waals surface area contributed by atoms with Crippen LogP contribution >= 0.6 is 0 Å². The average molecular weight is 447 g/mol. The van der Waals surface area contributed by atoms with Gasteiger partial charge in [-0.2, -0.15) is 0 Å². The summed E-state index contributed by atoms with van der Waals surface area (Å²) in [7, 11) is 1.52. The van der Waals surface area contributed by atoms with Crippen LogP contribution in [-0.2, 0) is 11.3 Å². The van der Waals surface area contributed by atoms with E-state index < -0.39 is 6.09 Å². The Morgan fingerprint density at radius 3 is 2.82 bits per heavy atom. The minimum Gasteiger partial charge on any atom is -0.493 e. The first-order valence-electron chi connectivity index (χ1n) is 10.6. The number of ether oxygens (including phenoxy) is 2. The first-order valence-corrected chi connectivity index (χ1v) is 10.6. The molecule has 0 unspecified atom stereocenters. The number of rotatable bonds is 7. The van der Waals surface area contributed by atoms with E-state index in [9.17, 15) is 9.59 Å². The topological polar surface area (TPSA) is 107 Å². The number of hydrogen-bond donors (Lipinski definition) is 2. The van der Waals surface area contributed by atoms with Gasteiger partial charge < -0.3 is 20.1 Å². The second kappa shape index (κ2) is 9.56. The lowest BCUT2D eigenvalue weighted by Gasteiger charge is -2.15. The molecule has 0 saturated heterocycles. The van der Waals surface area contributed by atoms with E-state index in [1.165, 1.54) is 11.5 Å². The maximum atomic E-state index is 13.3. The molecule has 4 rings (SSSR count). The predicted molar refractivity (Wildman–Crippen MR) is 126 cm³/mol. The number of carbonyl (C=O) groups is 1. The van der Waals surface area contributed by atoms with E-state index >= 15 is 0 Å². The van der Waals surface area contributed by atoms with E-state index in [1.54, 1.807) is 24.5 Å². The number of carbonyl (C=O) groups excluding carboxylic acids is 1. The monoisotopic (exact) mass is 447 g/mol. The predicted octanol–water partition coefficient (Wildman–Crippen LogP) is 3.88. The van der Waals surface area contributed by atoms with Crippen LogP contribution in [0.1, 0.15) is 19.4 Å². The van der Waals surface area contributed by atoms with E-state index in [4.69, 9.17) is 9.47 Å². The molecule has 0 saturated carbocycles. The third-order valence-corrected chi connectivity index (χ3v) is 4.95.